The predicted octanol–water partition coefficient (Wildman–Crippen LogP) is 1.98. The maximum Gasteiger partial charge on any atom is 0.128 e. The fourth-order valence-corrected chi connectivity index (χ4v) is 2.83. The first-order valence-electron chi connectivity index (χ1n) is 5.98. The minimum absolute atomic E-state index is 0.200. The number of ether oxygens (including phenoxy) is 1. The van der Waals surface area contributed by atoms with Crippen molar-refractivity contribution in [1.29, 1.82) is 0 Å². The van der Waals surface area contributed by atoms with Crippen LogP contribution in [0.5, 0.6) is 0 Å². The van der Waals surface area contributed by atoms with Crippen LogP contribution in [-0.2, 0) is 15.1 Å². The quantitative estimate of drug-likeness (QED) is 0.810. The zero-order chi connectivity index (χ0) is 11.9. The smallest absolute Gasteiger partial charge is 0.128 e. The lowest BCUT2D eigenvalue weighted by Gasteiger charge is -2.40. The van der Waals surface area contributed by atoms with Crippen molar-refractivity contribution in [2.45, 2.75) is 25.0 Å². The van der Waals surface area contributed by atoms with Crippen LogP contribution in [0.4, 0.5) is 4.39 Å². The molecule has 4 heteroatoms. The number of nitrogens with one attached hydrogen (secondary N) is 1. The average Bonchev–Trinajstić information content (AvgIpc) is 2.73. The Morgan fingerprint density at radius 1 is 1.41 bits per heavy atom. The number of hydrogen-bond acceptors (Lipinski definition) is 3. The highest BCUT2D eigenvalue weighted by Crippen LogP contribution is 2.42. The van der Waals surface area contributed by atoms with Crippen LogP contribution in [0, 0.1) is 11.7 Å². The van der Waals surface area contributed by atoms with Gasteiger partial charge in [-0.15, -0.1) is 0 Å². The Hall–Kier alpha value is -0.970. The van der Waals surface area contributed by atoms with E-state index in [4.69, 9.17) is 9.57 Å². The van der Waals surface area contributed by atoms with Crippen LogP contribution in [0.25, 0.3) is 0 Å². The fraction of sp³-hybridized carbons (Fsp3) is 0.538. The van der Waals surface area contributed by atoms with Crippen molar-refractivity contribution >= 4 is 0 Å². The molecule has 3 nitrogen and oxygen atoms in total. The predicted molar refractivity (Wildman–Crippen MR) is 60.7 cm³/mol. The summed E-state index contributed by atoms with van der Waals surface area (Å²) in [6.07, 6.45) is 1.10. The molecule has 92 valence electrons. The van der Waals surface area contributed by atoms with E-state index in [2.05, 4.69) is 5.48 Å². The van der Waals surface area contributed by atoms with Gasteiger partial charge in [-0.3, -0.25) is 0 Å². The van der Waals surface area contributed by atoms with Gasteiger partial charge in [-0.25, -0.2) is 4.39 Å². The Bertz CT molecular complexity index is 426. The zero-order valence-electron chi connectivity index (χ0n) is 9.78. The van der Waals surface area contributed by atoms with Crippen molar-refractivity contribution in [1.82, 2.24) is 5.48 Å². The molecule has 0 radical (unpaired) electrons. The number of fused-ring (bicyclic) bond motifs is 1. The van der Waals surface area contributed by atoms with Gasteiger partial charge in [0, 0.05) is 11.5 Å². The van der Waals surface area contributed by atoms with Crippen LogP contribution in [0.15, 0.2) is 24.3 Å². The van der Waals surface area contributed by atoms with Crippen molar-refractivity contribution in [3.63, 3.8) is 0 Å². The second-order valence-electron chi connectivity index (χ2n) is 4.92. The molecule has 2 aliphatic rings. The summed E-state index contributed by atoms with van der Waals surface area (Å²) in [7, 11) is 0. The lowest BCUT2D eigenvalue weighted by molar-refractivity contribution is -0.0614. The molecule has 0 aliphatic carbocycles. The second-order valence-corrected chi connectivity index (χ2v) is 4.92. The number of hydroxylamine groups is 1. The Morgan fingerprint density at radius 3 is 3.06 bits per heavy atom. The van der Waals surface area contributed by atoms with E-state index < -0.39 is 5.54 Å². The van der Waals surface area contributed by atoms with Gasteiger partial charge < -0.3 is 9.57 Å². The molecule has 0 bridgehead atoms. The van der Waals surface area contributed by atoms with Crippen molar-refractivity contribution in [2.24, 2.45) is 5.92 Å². The van der Waals surface area contributed by atoms with Gasteiger partial charge in [-0.05, 0) is 19.4 Å². The van der Waals surface area contributed by atoms with Gasteiger partial charge in [0.1, 0.15) is 5.82 Å². The lowest BCUT2D eigenvalue weighted by Crippen LogP contribution is -2.51. The van der Waals surface area contributed by atoms with Crippen LogP contribution in [0.1, 0.15) is 18.9 Å². The summed E-state index contributed by atoms with van der Waals surface area (Å²) >= 11 is 0. The van der Waals surface area contributed by atoms with E-state index >= 15 is 0 Å². The lowest BCUT2D eigenvalue weighted by atomic mass is 9.76. The van der Waals surface area contributed by atoms with Gasteiger partial charge in [0.05, 0.1) is 24.9 Å². The van der Waals surface area contributed by atoms with Crippen molar-refractivity contribution in [3.05, 3.63) is 35.6 Å². The molecule has 1 N–H and O–H groups in total. The third kappa shape index (κ3) is 1.68. The monoisotopic (exact) mass is 237 g/mol. The van der Waals surface area contributed by atoms with E-state index in [0.717, 1.165) is 6.42 Å². The maximum absolute atomic E-state index is 14.0. The van der Waals surface area contributed by atoms with Crippen molar-refractivity contribution < 1.29 is 14.0 Å². The third-order valence-corrected chi connectivity index (χ3v) is 3.80. The van der Waals surface area contributed by atoms with Gasteiger partial charge >= 0.3 is 0 Å². The topological polar surface area (TPSA) is 30.5 Å². The second kappa shape index (κ2) is 4.05. The van der Waals surface area contributed by atoms with E-state index in [9.17, 15) is 4.39 Å². The van der Waals surface area contributed by atoms with Gasteiger partial charge in [-0.2, -0.15) is 5.48 Å². The van der Waals surface area contributed by atoms with Gasteiger partial charge in [-0.1, -0.05) is 18.2 Å². The third-order valence-electron chi connectivity index (χ3n) is 3.80. The summed E-state index contributed by atoms with van der Waals surface area (Å²) in [6, 6.07) is 6.84. The SMILES string of the molecule is C[C@H]1C[C@H]2CON[C@@]2(c2ccccc2F)CO1. The summed E-state index contributed by atoms with van der Waals surface area (Å²) in [6.45, 7) is 3.12. The van der Waals surface area contributed by atoms with Gasteiger partial charge in [0.15, 0.2) is 0 Å². The molecule has 2 heterocycles. The maximum atomic E-state index is 14.0. The number of hydrogen-bond donors (Lipinski definition) is 1. The fourth-order valence-electron chi connectivity index (χ4n) is 2.83. The molecule has 0 unspecified atom stereocenters. The Labute approximate surface area is 99.9 Å². The summed E-state index contributed by atoms with van der Waals surface area (Å²) in [5, 5.41) is 0. The van der Waals surface area contributed by atoms with Gasteiger partial charge in [0.25, 0.3) is 0 Å². The van der Waals surface area contributed by atoms with E-state index in [0.29, 0.717) is 18.8 Å². The van der Waals surface area contributed by atoms with Crippen LogP contribution < -0.4 is 5.48 Å². The summed E-state index contributed by atoms with van der Waals surface area (Å²) < 4.78 is 19.6. The molecular weight excluding hydrogens is 221 g/mol. The minimum Gasteiger partial charge on any atom is -0.376 e. The van der Waals surface area contributed by atoms with Crippen LogP contribution in [-0.4, -0.2) is 19.3 Å². The number of rotatable bonds is 1. The average molecular weight is 237 g/mol. The Kier molecular flexibility index (Phi) is 2.65. The molecule has 17 heavy (non-hydrogen) atoms. The van der Waals surface area contributed by atoms with Crippen molar-refractivity contribution in [2.75, 3.05) is 13.2 Å². The minimum atomic E-state index is -0.516. The van der Waals surface area contributed by atoms with Crippen LogP contribution in [0.2, 0.25) is 0 Å². The molecule has 3 atom stereocenters. The first kappa shape index (κ1) is 11.1. The molecular formula is C13H16FNO2. The molecule has 0 saturated carbocycles. The molecule has 1 aromatic carbocycles. The molecule has 2 aliphatic heterocycles. The van der Waals surface area contributed by atoms with Crippen molar-refractivity contribution in [3.8, 4) is 0 Å². The highest BCUT2D eigenvalue weighted by atomic mass is 19.1. The first-order valence-corrected chi connectivity index (χ1v) is 5.98. The Morgan fingerprint density at radius 2 is 2.24 bits per heavy atom. The van der Waals surface area contributed by atoms with E-state index in [-0.39, 0.29) is 17.8 Å². The van der Waals surface area contributed by atoms with E-state index in [1.807, 2.05) is 19.1 Å². The number of benzene rings is 1. The summed E-state index contributed by atoms with van der Waals surface area (Å²) in [5.41, 5.74) is 3.12. The highest BCUT2D eigenvalue weighted by Gasteiger charge is 2.50. The van der Waals surface area contributed by atoms with Crippen LogP contribution in [0.3, 0.4) is 0 Å². The first-order chi connectivity index (χ1) is 8.22. The molecule has 0 spiro atoms. The largest absolute Gasteiger partial charge is 0.376 e. The molecule has 1 aromatic rings. The molecule has 0 amide bonds. The highest BCUT2D eigenvalue weighted by molar-refractivity contribution is 5.29. The molecule has 3 rings (SSSR count). The van der Waals surface area contributed by atoms with E-state index in [1.165, 1.54) is 6.07 Å². The summed E-state index contributed by atoms with van der Waals surface area (Å²) in [4.78, 5) is 5.36. The molecule has 2 fully saturated rings. The number of halogens is 1. The van der Waals surface area contributed by atoms with E-state index in [1.54, 1.807) is 6.07 Å². The normalized spacial score (nSPS) is 36.8. The standard InChI is InChI=1S/C13H16FNO2/c1-9-6-10-7-17-15-13(10,8-16-9)11-4-2-3-5-12(11)14/h2-5,9-10,15H,6-8H2,1H3/t9-,10-,13-/m0/s1. The van der Waals surface area contributed by atoms with Gasteiger partial charge in [0.2, 0.25) is 0 Å². The molecule has 2 saturated heterocycles. The summed E-state index contributed by atoms with van der Waals surface area (Å²) in [5.74, 6) is 0.0665. The molecule has 0 aromatic heterocycles. The van der Waals surface area contributed by atoms with Crippen LogP contribution >= 0.6 is 0 Å². The zero-order valence-corrected chi connectivity index (χ0v) is 9.78. The Balaban J connectivity index is 2.02.